The van der Waals surface area contributed by atoms with Crippen LogP contribution in [0.3, 0.4) is 0 Å². The molecule has 36 nitrogen and oxygen atoms in total. The minimum Gasteiger partial charge on any atom is -0.481 e. The molecule has 1 aliphatic rings. The van der Waals surface area contributed by atoms with Crippen LogP contribution in [0, 0.1) is 11.8 Å². The third-order valence-electron chi connectivity index (χ3n) is 13.4. The molecule has 492 valence electrons. The number of nitrogens with zero attached hydrogens (tertiary/aromatic N) is 1. The zero-order valence-corrected chi connectivity index (χ0v) is 49.4. The van der Waals surface area contributed by atoms with Gasteiger partial charge in [0.1, 0.15) is 60.4 Å². The van der Waals surface area contributed by atoms with Gasteiger partial charge in [-0.25, -0.2) is 0 Å². The van der Waals surface area contributed by atoms with Gasteiger partial charge in [-0.05, 0) is 64.3 Å². The Bertz CT molecular complexity index is 2430. The Kier molecular flexibility index (Phi) is 34.2. The SMILES string of the molecule is CC[C@H](C)[C@H](NC(=O)[C@H](CC(N)=O)NC(=O)CNC(=O)[C@H](CC(C)C)NC(=O)[C@@H](N)CCCCN)C(=O)N[C@H](C(=O)N[C@@H](CO)C(=O)N1CCC[C@H]1C(=O)N[C@@H](CO)C(=O)NCC(=O)N[C@@H](CC(=O)O)C(=O)N[C@@H](CO)C(=O)N[C@@H](C)C(=O)O)[C@@H](C)O. The summed E-state index contributed by atoms with van der Waals surface area (Å²) in [6.07, 6.45) is -1.65. The lowest BCUT2D eigenvalue weighted by atomic mass is 9.96. The Balaban J connectivity index is 3.13. The molecule has 0 aliphatic carbocycles. The summed E-state index contributed by atoms with van der Waals surface area (Å²) in [6.45, 7) is 4.10. The molecule has 1 heterocycles. The van der Waals surface area contributed by atoms with E-state index in [-0.39, 0.29) is 38.1 Å². The average Bonchev–Trinajstić information content (AvgIpc) is 2.24. The third kappa shape index (κ3) is 27.0. The Morgan fingerprint density at radius 3 is 1.54 bits per heavy atom. The molecule has 0 unspecified atom stereocenters. The normalized spacial score (nSPS) is 17.0. The van der Waals surface area contributed by atoms with Crippen molar-refractivity contribution >= 4 is 88.7 Å². The van der Waals surface area contributed by atoms with E-state index in [0.717, 1.165) is 18.7 Å². The molecule has 0 aromatic heterocycles. The highest BCUT2D eigenvalue weighted by atomic mass is 16.4. The van der Waals surface area contributed by atoms with Crippen LogP contribution in [0.1, 0.15) is 99.3 Å². The maximum Gasteiger partial charge on any atom is 0.325 e. The van der Waals surface area contributed by atoms with E-state index in [9.17, 15) is 97.5 Å². The van der Waals surface area contributed by atoms with Crippen LogP contribution in [-0.2, 0) is 71.9 Å². The summed E-state index contributed by atoms with van der Waals surface area (Å²) in [5.41, 5.74) is 16.9. The molecule has 13 atom stereocenters. The Hall–Kier alpha value is -8.19. The molecule has 0 saturated carbocycles. The standard InChI is InChI=1S/C51H87N15O21/c1-7-24(4)39(64-45(80)29(16-35(54)71)58-36(72)18-55-42(77)28(15-23(2)3)60-41(76)27(53)11-8-9-13-52)48(83)65-40(26(6)70)49(84)63-33(22-69)50(85)66-14-10-12-34(66)47(82)62-31(20-67)43(78)56-19-37(73)59-30(17-38(74)75)44(79)61-32(21-68)46(81)57-25(5)51(86)87/h23-34,39-40,67-70H,7-22,52-53H2,1-6H3,(H2,54,71)(H,55,77)(H,56,78)(H,57,81)(H,58,72)(H,59,73)(H,60,76)(H,61,79)(H,62,82)(H,63,84)(H,64,80)(H,65,83)(H,74,75)(H,86,87)/t24-,25-,26+,27-,28-,29-,30-,31-,32-,33-,34-,39-,40-/m0/s1. The second-order valence-electron chi connectivity index (χ2n) is 21.1. The highest BCUT2D eigenvalue weighted by Crippen LogP contribution is 2.19. The lowest BCUT2D eigenvalue weighted by molar-refractivity contribution is -0.144. The summed E-state index contributed by atoms with van der Waals surface area (Å²) in [5.74, 6) is -17.8. The van der Waals surface area contributed by atoms with Crippen molar-refractivity contribution in [1.29, 1.82) is 0 Å². The molecule has 0 aromatic carbocycles. The fourth-order valence-electron chi connectivity index (χ4n) is 8.35. The van der Waals surface area contributed by atoms with Gasteiger partial charge >= 0.3 is 11.9 Å². The number of aliphatic hydroxyl groups excluding tert-OH is 4. The van der Waals surface area contributed by atoms with E-state index in [0.29, 0.717) is 25.8 Å². The number of unbranched alkanes of at least 4 members (excludes halogenated alkanes) is 1. The van der Waals surface area contributed by atoms with E-state index in [1.165, 1.54) is 6.92 Å². The molecule has 1 rings (SSSR count). The summed E-state index contributed by atoms with van der Waals surface area (Å²) in [7, 11) is 0. The third-order valence-corrected chi connectivity index (χ3v) is 13.4. The van der Waals surface area contributed by atoms with Gasteiger partial charge in [0.15, 0.2) is 0 Å². The van der Waals surface area contributed by atoms with Gasteiger partial charge in [0.25, 0.3) is 0 Å². The predicted octanol–water partition coefficient (Wildman–Crippen LogP) is -10.1. The van der Waals surface area contributed by atoms with Crippen LogP contribution in [0.15, 0.2) is 0 Å². The number of carboxylic acid groups (broad SMARTS) is 2. The van der Waals surface area contributed by atoms with Crippen LogP contribution in [0.25, 0.3) is 0 Å². The number of rotatable bonds is 40. The van der Waals surface area contributed by atoms with Crippen LogP contribution in [0.2, 0.25) is 0 Å². The van der Waals surface area contributed by atoms with Gasteiger partial charge in [-0.15, -0.1) is 0 Å². The molecule has 0 radical (unpaired) electrons. The molecule has 36 heteroatoms. The van der Waals surface area contributed by atoms with Crippen molar-refractivity contribution in [2.45, 2.75) is 172 Å². The minimum absolute atomic E-state index is 0.0572. The van der Waals surface area contributed by atoms with Gasteiger partial charge in [-0.1, -0.05) is 40.5 Å². The van der Waals surface area contributed by atoms with Crippen molar-refractivity contribution in [3.63, 3.8) is 0 Å². The molecule has 1 fully saturated rings. The van der Waals surface area contributed by atoms with E-state index in [1.807, 2.05) is 16.0 Å². The molecule has 0 spiro atoms. The van der Waals surface area contributed by atoms with Crippen molar-refractivity contribution < 1.29 is 103 Å². The zero-order valence-electron chi connectivity index (χ0n) is 49.4. The highest BCUT2D eigenvalue weighted by Gasteiger charge is 2.41. The molecule has 1 saturated heterocycles. The number of hydrogen-bond acceptors (Lipinski definition) is 21. The molecular formula is C51H87N15O21. The first-order chi connectivity index (χ1) is 40.8. The zero-order chi connectivity index (χ0) is 66.4. The number of amides is 13. The fourth-order valence-corrected chi connectivity index (χ4v) is 8.35. The predicted molar refractivity (Wildman–Crippen MR) is 300 cm³/mol. The Labute approximate surface area is 500 Å². The lowest BCUT2D eigenvalue weighted by Gasteiger charge is -2.31. The van der Waals surface area contributed by atoms with Crippen molar-refractivity contribution in [2.24, 2.45) is 29.0 Å². The quantitative estimate of drug-likeness (QED) is 0.0253. The maximum absolute atomic E-state index is 13.9. The minimum atomic E-state index is -1.92. The summed E-state index contributed by atoms with van der Waals surface area (Å²) in [4.78, 5) is 195. The Morgan fingerprint density at radius 1 is 0.563 bits per heavy atom. The van der Waals surface area contributed by atoms with Gasteiger partial charge in [-0.3, -0.25) is 71.9 Å². The van der Waals surface area contributed by atoms with Crippen LogP contribution in [0.4, 0.5) is 0 Å². The average molecular weight is 1250 g/mol. The second-order valence-corrected chi connectivity index (χ2v) is 21.1. The topological polar surface area (TPSA) is 591 Å². The van der Waals surface area contributed by atoms with E-state index >= 15 is 0 Å². The number of hydrogen-bond donors (Lipinski definition) is 20. The van der Waals surface area contributed by atoms with Gasteiger partial charge in [-0.2, -0.15) is 0 Å². The molecule has 23 N–H and O–H groups in total. The first kappa shape index (κ1) is 76.8. The van der Waals surface area contributed by atoms with E-state index in [1.54, 1.807) is 20.8 Å². The van der Waals surface area contributed by atoms with Crippen molar-refractivity contribution in [3.05, 3.63) is 0 Å². The second kappa shape index (κ2) is 38.8. The summed E-state index contributed by atoms with van der Waals surface area (Å²) >= 11 is 0. The van der Waals surface area contributed by atoms with Crippen LogP contribution < -0.4 is 75.7 Å². The lowest BCUT2D eigenvalue weighted by Crippen LogP contribution is -2.63. The summed E-state index contributed by atoms with van der Waals surface area (Å²) in [6, 6.07) is -17.4. The first-order valence-corrected chi connectivity index (χ1v) is 28.0. The number of primary amides is 1. The number of nitrogens with two attached hydrogens (primary N) is 3. The van der Waals surface area contributed by atoms with Gasteiger partial charge in [0.05, 0.1) is 57.9 Å². The van der Waals surface area contributed by atoms with Crippen molar-refractivity contribution in [3.8, 4) is 0 Å². The van der Waals surface area contributed by atoms with E-state index in [4.69, 9.17) is 22.3 Å². The van der Waals surface area contributed by atoms with Crippen LogP contribution >= 0.6 is 0 Å². The highest BCUT2D eigenvalue weighted by molar-refractivity contribution is 6.00. The summed E-state index contributed by atoms with van der Waals surface area (Å²) < 4.78 is 0. The smallest absolute Gasteiger partial charge is 0.325 e. The van der Waals surface area contributed by atoms with Gasteiger partial charge < -0.3 is 111 Å². The van der Waals surface area contributed by atoms with Gasteiger partial charge in [0, 0.05) is 6.54 Å². The molecule has 13 amide bonds. The molecule has 87 heavy (non-hydrogen) atoms. The summed E-state index contributed by atoms with van der Waals surface area (Å²) in [5, 5.41) is 83.4. The Morgan fingerprint density at radius 2 is 1.05 bits per heavy atom. The molecule has 0 bridgehead atoms. The molecule has 1 aliphatic heterocycles. The first-order valence-electron chi connectivity index (χ1n) is 28.0. The number of carbonyl (C=O) groups is 15. The van der Waals surface area contributed by atoms with Crippen molar-refractivity contribution in [1.82, 2.24) is 63.4 Å². The number of carboxylic acids is 2. The number of aliphatic carboxylic acids is 2. The number of aliphatic hydroxyl groups is 4. The molecular weight excluding hydrogens is 1160 g/mol. The van der Waals surface area contributed by atoms with E-state index in [2.05, 4.69) is 42.5 Å². The van der Waals surface area contributed by atoms with E-state index < -0.39 is 213 Å². The number of nitrogens with one attached hydrogen (secondary N) is 11. The van der Waals surface area contributed by atoms with Crippen LogP contribution in [0.5, 0.6) is 0 Å². The van der Waals surface area contributed by atoms with Crippen molar-refractivity contribution in [2.75, 3.05) is 46.0 Å². The van der Waals surface area contributed by atoms with Gasteiger partial charge in [0.2, 0.25) is 76.8 Å². The number of likely N-dealkylation sites (tertiary alicyclic amines) is 1. The maximum atomic E-state index is 13.9. The number of carbonyl (C=O) groups excluding carboxylic acids is 13. The fraction of sp³-hybridized carbons (Fsp3) is 0.706. The van der Waals surface area contributed by atoms with Crippen LogP contribution in [-0.4, -0.2) is 243 Å². The largest absolute Gasteiger partial charge is 0.481 e. The monoisotopic (exact) mass is 1250 g/mol. The molecule has 0 aromatic rings.